The summed E-state index contributed by atoms with van der Waals surface area (Å²) in [6, 6.07) is 6.15. The fraction of sp³-hybridized carbons (Fsp3) is 0.200. The van der Waals surface area contributed by atoms with Crippen molar-refractivity contribution in [3.63, 3.8) is 0 Å². The Kier molecular flexibility index (Phi) is 9.44. The molecule has 1 N–H and O–H groups in total. The van der Waals surface area contributed by atoms with Gasteiger partial charge in [-0.05, 0) is 114 Å². The molecule has 2 unspecified atom stereocenters. The Morgan fingerprint density at radius 3 is 1.79 bits per heavy atom. The molecule has 0 radical (unpaired) electrons. The van der Waals surface area contributed by atoms with Gasteiger partial charge in [-0.3, -0.25) is 14.1 Å². The van der Waals surface area contributed by atoms with Gasteiger partial charge in [0.15, 0.2) is 5.75 Å². The summed E-state index contributed by atoms with van der Waals surface area (Å²) in [6.07, 6.45) is 4.21. The average molecular weight is 891 g/mol. The third kappa shape index (κ3) is 6.78. The lowest BCUT2D eigenvalue weighted by Crippen LogP contribution is -2.36. The maximum Gasteiger partial charge on any atom is 0.315 e. The van der Waals surface area contributed by atoms with E-state index in [1.165, 1.54) is 12.1 Å². The number of carbonyl (C=O) groups is 2. The Balaban J connectivity index is 1.81. The summed E-state index contributed by atoms with van der Waals surface area (Å²) >= 11 is 13.6. The highest BCUT2D eigenvalue weighted by molar-refractivity contribution is 14.1. The number of carbonyl (C=O) groups excluding carboxylic acids is 2. The fourth-order valence-corrected chi connectivity index (χ4v) is 9.58. The summed E-state index contributed by atoms with van der Waals surface area (Å²) in [6.45, 7) is 0. The number of hydrogen-bond acceptors (Lipinski definition) is 6. The van der Waals surface area contributed by atoms with Gasteiger partial charge in [0.1, 0.15) is 10.6 Å². The van der Waals surface area contributed by atoms with Crippen molar-refractivity contribution in [1.82, 2.24) is 0 Å². The van der Waals surface area contributed by atoms with E-state index in [-0.39, 0.29) is 17.8 Å². The third-order valence-corrected chi connectivity index (χ3v) is 9.68. The second-order valence-electron chi connectivity index (χ2n) is 6.89. The van der Waals surface area contributed by atoms with E-state index in [0.29, 0.717) is 27.5 Å². The van der Waals surface area contributed by atoms with Gasteiger partial charge in [0, 0.05) is 11.6 Å². The van der Waals surface area contributed by atoms with E-state index in [0.717, 1.165) is 4.47 Å². The third-order valence-electron chi connectivity index (χ3n) is 4.65. The first-order valence-corrected chi connectivity index (χ1v) is 15.1. The van der Waals surface area contributed by atoms with Crippen LogP contribution in [0.4, 0.5) is 0 Å². The highest BCUT2D eigenvalue weighted by Crippen LogP contribution is 2.38. The van der Waals surface area contributed by atoms with Crippen molar-refractivity contribution in [1.29, 1.82) is 0 Å². The number of ether oxygens (including phenoxy) is 2. The molecule has 0 spiro atoms. The van der Waals surface area contributed by atoms with Gasteiger partial charge in [-0.1, -0.05) is 28.1 Å². The highest BCUT2D eigenvalue weighted by atomic mass is 127. The number of esters is 2. The average Bonchev–Trinajstić information content (AvgIpc) is 2.68. The number of halogens is 5. The Hall–Kier alpha value is -0.0700. The maximum atomic E-state index is 13.0. The van der Waals surface area contributed by atoms with Crippen LogP contribution in [0.5, 0.6) is 11.5 Å². The molecule has 2 atom stereocenters. The van der Waals surface area contributed by atoms with Crippen molar-refractivity contribution < 1.29 is 32.0 Å². The molecule has 0 saturated carbocycles. The standard InChI is InChI=1S/C20H13Br3I2O7S/c21-9-5-13(22)17(14(23)6-9)32-20(27)12-4-2-1-3-11(12)19(26)31-10-7-15(24)18(16(25)8-10)33(28,29)30/h1-2,5-8,11-12H,3-4H2,(H,28,29,30). The van der Waals surface area contributed by atoms with Crippen LogP contribution >= 0.6 is 93.0 Å². The molecule has 0 heterocycles. The fourth-order valence-electron chi connectivity index (χ4n) is 3.17. The van der Waals surface area contributed by atoms with Gasteiger partial charge in [-0.15, -0.1) is 0 Å². The predicted molar refractivity (Wildman–Crippen MR) is 148 cm³/mol. The van der Waals surface area contributed by atoms with Gasteiger partial charge in [-0.2, -0.15) is 8.42 Å². The molecule has 1 aliphatic carbocycles. The normalized spacial score (nSPS) is 18.1. The molecular weight excluding hydrogens is 878 g/mol. The molecule has 0 aromatic heterocycles. The molecule has 0 bridgehead atoms. The van der Waals surface area contributed by atoms with E-state index in [2.05, 4.69) is 47.8 Å². The molecule has 7 nitrogen and oxygen atoms in total. The molecule has 0 fully saturated rings. The molecule has 176 valence electrons. The number of hydrogen-bond donors (Lipinski definition) is 1. The summed E-state index contributed by atoms with van der Waals surface area (Å²) in [5, 5.41) is 0. The summed E-state index contributed by atoms with van der Waals surface area (Å²) in [5.74, 6) is -2.35. The van der Waals surface area contributed by atoms with Crippen molar-refractivity contribution >= 4 is 115 Å². The lowest BCUT2D eigenvalue weighted by molar-refractivity contribution is -0.150. The van der Waals surface area contributed by atoms with Crippen LogP contribution in [-0.4, -0.2) is 24.9 Å². The van der Waals surface area contributed by atoms with Crippen molar-refractivity contribution in [2.75, 3.05) is 0 Å². The predicted octanol–water partition coefficient (Wildman–Crippen LogP) is 6.52. The molecule has 3 rings (SSSR count). The smallest absolute Gasteiger partial charge is 0.315 e. The van der Waals surface area contributed by atoms with E-state index in [1.807, 2.05) is 6.08 Å². The van der Waals surface area contributed by atoms with Crippen molar-refractivity contribution in [3.05, 3.63) is 57.0 Å². The first kappa shape index (κ1) is 27.5. The molecule has 13 heteroatoms. The zero-order chi connectivity index (χ0) is 24.5. The minimum Gasteiger partial charge on any atom is -0.426 e. The van der Waals surface area contributed by atoms with Crippen LogP contribution in [0.15, 0.2) is 54.7 Å². The largest absolute Gasteiger partial charge is 0.426 e. The molecule has 2 aromatic rings. The van der Waals surface area contributed by atoms with Crippen LogP contribution in [0, 0.1) is 19.0 Å². The topological polar surface area (TPSA) is 107 Å². The van der Waals surface area contributed by atoms with Gasteiger partial charge in [0.25, 0.3) is 10.1 Å². The van der Waals surface area contributed by atoms with E-state index in [9.17, 15) is 22.6 Å². The molecule has 0 saturated heterocycles. The second-order valence-corrected chi connectivity index (χ2v) is 13.2. The molecule has 2 aromatic carbocycles. The van der Waals surface area contributed by atoms with E-state index in [1.54, 1.807) is 63.4 Å². The van der Waals surface area contributed by atoms with Gasteiger partial charge >= 0.3 is 11.9 Å². The van der Waals surface area contributed by atoms with E-state index < -0.39 is 33.9 Å². The zero-order valence-corrected chi connectivity index (χ0v) is 26.1. The van der Waals surface area contributed by atoms with Crippen LogP contribution in [0.2, 0.25) is 0 Å². The molecule has 0 amide bonds. The van der Waals surface area contributed by atoms with Crippen LogP contribution in [0.25, 0.3) is 0 Å². The van der Waals surface area contributed by atoms with Crippen molar-refractivity contribution in [3.8, 4) is 11.5 Å². The van der Waals surface area contributed by atoms with E-state index in [4.69, 9.17) is 9.47 Å². The minimum atomic E-state index is -4.43. The quantitative estimate of drug-likeness (QED) is 0.120. The van der Waals surface area contributed by atoms with E-state index >= 15 is 0 Å². The van der Waals surface area contributed by atoms with Crippen LogP contribution < -0.4 is 9.47 Å². The summed E-state index contributed by atoms with van der Waals surface area (Å²) < 4.78 is 45.9. The highest BCUT2D eigenvalue weighted by Gasteiger charge is 2.37. The monoisotopic (exact) mass is 888 g/mol. The summed E-state index contributed by atoms with van der Waals surface area (Å²) in [5.41, 5.74) is 0. The number of allylic oxidation sites excluding steroid dienone is 2. The van der Waals surface area contributed by atoms with Crippen molar-refractivity contribution in [2.24, 2.45) is 11.8 Å². The second kappa shape index (κ2) is 11.3. The SMILES string of the molecule is O=C(Oc1cc(I)c(S(=O)(=O)O)c(I)c1)C1CC=CCC1C(=O)Oc1c(Br)cc(Br)cc1Br. The summed E-state index contributed by atoms with van der Waals surface area (Å²) in [7, 11) is -4.43. The number of benzene rings is 2. The Labute approximate surface area is 242 Å². The maximum absolute atomic E-state index is 13.0. The first-order chi connectivity index (χ1) is 15.4. The van der Waals surface area contributed by atoms with Gasteiger partial charge in [-0.25, -0.2) is 0 Å². The Morgan fingerprint density at radius 2 is 1.33 bits per heavy atom. The minimum absolute atomic E-state index is 0.112. The van der Waals surface area contributed by atoms with Gasteiger partial charge in [0.05, 0.1) is 20.8 Å². The Bertz CT molecular complexity index is 1220. The summed E-state index contributed by atoms with van der Waals surface area (Å²) in [4.78, 5) is 25.7. The van der Waals surface area contributed by atoms with Crippen molar-refractivity contribution in [2.45, 2.75) is 17.7 Å². The van der Waals surface area contributed by atoms with Gasteiger partial charge < -0.3 is 9.47 Å². The molecule has 1 aliphatic rings. The Morgan fingerprint density at radius 1 is 0.879 bits per heavy atom. The first-order valence-electron chi connectivity index (χ1n) is 9.08. The molecule has 33 heavy (non-hydrogen) atoms. The van der Waals surface area contributed by atoms with Crippen LogP contribution in [0.1, 0.15) is 12.8 Å². The molecular formula is C20H13Br3I2O7S. The van der Waals surface area contributed by atoms with Crippen LogP contribution in [-0.2, 0) is 19.7 Å². The molecule has 0 aliphatic heterocycles. The van der Waals surface area contributed by atoms with Gasteiger partial charge in [0.2, 0.25) is 0 Å². The zero-order valence-electron chi connectivity index (χ0n) is 16.2. The lowest BCUT2D eigenvalue weighted by atomic mass is 9.83. The van der Waals surface area contributed by atoms with Crippen LogP contribution in [0.3, 0.4) is 0 Å². The lowest BCUT2D eigenvalue weighted by Gasteiger charge is -2.25. The number of rotatable bonds is 5.